The third-order valence-corrected chi connectivity index (χ3v) is 4.13. The Morgan fingerprint density at radius 3 is 2.26 bits per heavy atom. The first-order valence-electron chi connectivity index (χ1n) is 8.13. The number of benzene rings is 2. The molecule has 0 saturated carbocycles. The van der Waals surface area contributed by atoms with E-state index in [9.17, 15) is 14.7 Å². The Kier molecular flexibility index (Phi) is 7.45. The lowest BCUT2D eigenvalue weighted by molar-refractivity contribution is -0.146. The van der Waals surface area contributed by atoms with Crippen LogP contribution in [0.2, 0.25) is 5.02 Å². The first kappa shape index (κ1) is 20.5. The molecule has 0 heterocycles. The smallest absolute Gasteiger partial charge is 0.331 e. The molecule has 2 rings (SSSR count). The van der Waals surface area contributed by atoms with Crippen molar-refractivity contribution >= 4 is 23.6 Å². The Morgan fingerprint density at radius 1 is 1.07 bits per heavy atom. The fraction of sp³-hybridized carbons (Fsp3) is 0.263. The highest BCUT2D eigenvalue weighted by Gasteiger charge is 2.30. The molecule has 8 heteroatoms. The van der Waals surface area contributed by atoms with Crippen molar-refractivity contribution in [3.05, 3.63) is 64.7 Å². The van der Waals surface area contributed by atoms with Gasteiger partial charge in [-0.05, 0) is 35.4 Å². The largest absolute Gasteiger partial charge is 0.497 e. The molecule has 0 radical (unpaired) electrons. The predicted molar refractivity (Wildman–Crippen MR) is 101 cm³/mol. The maximum absolute atomic E-state index is 12.2. The summed E-state index contributed by atoms with van der Waals surface area (Å²) in [4.78, 5) is 24.2. The van der Waals surface area contributed by atoms with Crippen molar-refractivity contribution in [3.8, 4) is 5.75 Å². The molecule has 3 N–H and O–H groups in total. The van der Waals surface area contributed by atoms with Crippen LogP contribution in [0.5, 0.6) is 5.75 Å². The fourth-order valence-corrected chi connectivity index (χ4v) is 2.49. The van der Waals surface area contributed by atoms with Gasteiger partial charge >= 0.3 is 12.0 Å². The third kappa shape index (κ3) is 5.87. The molecule has 2 aromatic rings. The summed E-state index contributed by atoms with van der Waals surface area (Å²) in [7, 11) is 2.71. The topological polar surface area (TPSA) is 96.9 Å². The summed E-state index contributed by atoms with van der Waals surface area (Å²) in [5, 5.41) is 16.2. The molecule has 0 aliphatic rings. The summed E-state index contributed by atoms with van der Waals surface area (Å²) in [6.45, 7) is 0.232. The van der Waals surface area contributed by atoms with Gasteiger partial charge < -0.3 is 25.2 Å². The molecule has 27 heavy (non-hydrogen) atoms. The molecule has 0 fully saturated rings. The van der Waals surface area contributed by atoms with Gasteiger partial charge in [0.15, 0.2) is 6.04 Å². The number of ether oxygens (including phenoxy) is 2. The number of carbonyl (C=O) groups excluding carboxylic acids is 2. The van der Waals surface area contributed by atoms with Crippen LogP contribution in [-0.2, 0) is 16.1 Å². The molecule has 0 spiro atoms. The highest BCUT2D eigenvalue weighted by atomic mass is 35.5. The van der Waals surface area contributed by atoms with Crippen molar-refractivity contribution in [1.82, 2.24) is 10.6 Å². The van der Waals surface area contributed by atoms with Gasteiger partial charge in [0.05, 0.1) is 14.2 Å². The number of hydrogen-bond donors (Lipinski definition) is 3. The molecule has 7 nitrogen and oxygen atoms in total. The number of rotatable bonds is 7. The SMILES string of the molecule is COC(=O)C(NC(=O)NCc1ccc(Cl)cc1)C(O)c1ccc(OC)cc1. The average Bonchev–Trinajstić information content (AvgIpc) is 2.70. The number of aliphatic hydroxyl groups is 1. The van der Waals surface area contributed by atoms with Gasteiger partial charge in [0.1, 0.15) is 11.9 Å². The number of methoxy groups -OCH3 is 2. The van der Waals surface area contributed by atoms with Crippen molar-refractivity contribution in [2.24, 2.45) is 0 Å². The summed E-state index contributed by atoms with van der Waals surface area (Å²) < 4.78 is 9.76. The van der Waals surface area contributed by atoms with Crippen LogP contribution >= 0.6 is 11.6 Å². The highest BCUT2D eigenvalue weighted by Crippen LogP contribution is 2.21. The quantitative estimate of drug-likeness (QED) is 0.629. The second-order valence-electron chi connectivity index (χ2n) is 5.67. The van der Waals surface area contributed by atoms with E-state index in [-0.39, 0.29) is 6.54 Å². The minimum atomic E-state index is -1.29. The zero-order chi connectivity index (χ0) is 19.8. The van der Waals surface area contributed by atoms with Gasteiger partial charge in [-0.25, -0.2) is 9.59 Å². The lowest BCUT2D eigenvalue weighted by Crippen LogP contribution is -2.49. The van der Waals surface area contributed by atoms with Crippen LogP contribution in [0.25, 0.3) is 0 Å². The van der Waals surface area contributed by atoms with Gasteiger partial charge in [-0.3, -0.25) is 0 Å². The third-order valence-electron chi connectivity index (χ3n) is 3.88. The maximum Gasteiger partial charge on any atom is 0.331 e. The summed E-state index contributed by atoms with van der Waals surface area (Å²) in [6.07, 6.45) is -1.29. The minimum absolute atomic E-state index is 0.232. The highest BCUT2D eigenvalue weighted by molar-refractivity contribution is 6.30. The van der Waals surface area contributed by atoms with Gasteiger partial charge in [-0.15, -0.1) is 0 Å². The Bertz CT molecular complexity index is 765. The molecule has 2 amide bonds. The van der Waals surface area contributed by atoms with Crippen LogP contribution in [0.4, 0.5) is 4.79 Å². The Hall–Kier alpha value is -2.77. The van der Waals surface area contributed by atoms with E-state index < -0.39 is 24.1 Å². The number of carbonyl (C=O) groups is 2. The number of aliphatic hydroxyl groups excluding tert-OH is 1. The van der Waals surface area contributed by atoms with Gasteiger partial charge in [-0.2, -0.15) is 0 Å². The van der Waals surface area contributed by atoms with Crippen LogP contribution < -0.4 is 15.4 Å². The number of urea groups is 1. The fourth-order valence-electron chi connectivity index (χ4n) is 2.36. The normalized spacial score (nSPS) is 12.6. The average molecular weight is 393 g/mol. The van der Waals surface area contributed by atoms with Crippen LogP contribution in [0.15, 0.2) is 48.5 Å². The van der Waals surface area contributed by atoms with E-state index in [1.54, 1.807) is 48.5 Å². The molecule has 144 valence electrons. The summed E-state index contributed by atoms with van der Waals surface area (Å²) in [5.74, 6) is -0.158. The Balaban J connectivity index is 2.02. The number of amides is 2. The number of esters is 1. The summed E-state index contributed by atoms with van der Waals surface area (Å²) in [5.41, 5.74) is 1.27. The molecule has 0 aliphatic carbocycles. The van der Waals surface area contributed by atoms with Gasteiger partial charge in [0, 0.05) is 11.6 Å². The summed E-state index contributed by atoms with van der Waals surface area (Å²) >= 11 is 5.82. The monoisotopic (exact) mass is 392 g/mol. The van der Waals surface area contributed by atoms with Crippen molar-refractivity contribution in [2.75, 3.05) is 14.2 Å². The van der Waals surface area contributed by atoms with Crippen LogP contribution in [-0.4, -0.2) is 37.4 Å². The molecule has 2 atom stereocenters. The molecule has 0 aromatic heterocycles. The van der Waals surface area contributed by atoms with Crippen molar-refractivity contribution in [2.45, 2.75) is 18.7 Å². The first-order valence-corrected chi connectivity index (χ1v) is 8.51. The molecule has 2 unspecified atom stereocenters. The number of hydrogen-bond acceptors (Lipinski definition) is 5. The van der Waals surface area contributed by atoms with Crippen molar-refractivity contribution in [3.63, 3.8) is 0 Å². The Morgan fingerprint density at radius 2 is 1.70 bits per heavy atom. The lowest BCUT2D eigenvalue weighted by Gasteiger charge is -2.22. The molecule has 0 aliphatic heterocycles. The van der Waals surface area contributed by atoms with Crippen molar-refractivity contribution < 1.29 is 24.2 Å². The molecule has 2 aromatic carbocycles. The molecular formula is C19H21ClN2O5. The summed E-state index contributed by atoms with van der Waals surface area (Å²) in [6, 6.07) is 11.6. The molecule has 0 bridgehead atoms. The zero-order valence-corrected chi connectivity index (χ0v) is 15.7. The van der Waals surface area contributed by atoms with E-state index in [0.29, 0.717) is 16.3 Å². The van der Waals surface area contributed by atoms with Crippen LogP contribution in [0.3, 0.4) is 0 Å². The lowest BCUT2D eigenvalue weighted by atomic mass is 10.0. The van der Waals surface area contributed by atoms with Crippen molar-refractivity contribution in [1.29, 1.82) is 0 Å². The maximum atomic E-state index is 12.2. The predicted octanol–water partition coefficient (Wildman–Crippen LogP) is 2.42. The van der Waals surface area contributed by atoms with Gasteiger partial charge in [0.25, 0.3) is 0 Å². The number of halogens is 1. The minimum Gasteiger partial charge on any atom is -0.497 e. The zero-order valence-electron chi connectivity index (χ0n) is 14.9. The van der Waals surface area contributed by atoms with E-state index >= 15 is 0 Å². The second-order valence-corrected chi connectivity index (χ2v) is 6.11. The second kappa shape index (κ2) is 9.80. The number of nitrogens with one attached hydrogen (secondary N) is 2. The Labute approximate surface area is 162 Å². The first-order chi connectivity index (χ1) is 12.9. The van der Waals surface area contributed by atoms with E-state index in [0.717, 1.165) is 5.56 Å². The van der Waals surface area contributed by atoms with E-state index in [1.807, 2.05) is 0 Å². The van der Waals surface area contributed by atoms with Gasteiger partial charge in [0.2, 0.25) is 0 Å². The molecule has 0 saturated heterocycles. The van der Waals surface area contributed by atoms with Crippen LogP contribution in [0, 0.1) is 0 Å². The van der Waals surface area contributed by atoms with E-state index in [2.05, 4.69) is 10.6 Å². The van der Waals surface area contributed by atoms with E-state index in [4.69, 9.17) is 21.1 Å². The van der Waals surface area contributed by atoms with E-state index in [1.165, 1.54) is 14.2 Å². The van der Waals surface area contributed by atoms with Gasteiger partial charge in [-0.1, -0.05) is 35.9 Å². The standard InChI is InChI=1S/C19H21ClN2O5/c1-26-15-9-5-13(6-10-15)17(23)16(18(24)27-2)22-19(25)21-11-12-3-7-14(20)8-4-12/h3-10,16-17,23H,11H2,1-2H3,(H2,21,22,25). The molecular weight excluding hydrogens is 372 g/mol. The van der Waals surface area contributed by atoms with Crippen LogP contribution in [0.1, 0.15) is 17.2 Å².